The average molecular weight is 333 g/mol. The molecule has 25 heavy (non-hydrogen) atoms. The van der Waals surface area contributed by atoms with Gasteiger partial charge in [-0.2, -0.15) is 5.10 Å². The molecule has 0 atom stereocenters. The standard InChI is InChI=1S/C18H15N5O2/c24-17(20-13-6-7-15-16(10-13)22-18(25)21-15)14-5-2-1-4-12(14)11-23-9-3-8-19-23/h1-10H,11H2,(H,20,24)(H2,21,22,25). The number of H-pyrrole nitrogens is 2. The average Bonchev–Trinajstić information content (AvgIpc) is 3.23. The maximum atomic E-state index is 12.7. The lowest BCUT2D eigenvalue weighted by molar-refractivity contribution is 0.102. The van der Waals surface area contributed by atoms with Crippen molar-refractivity contribution >= 4 is 22.6 Å². The maximum absolute atomic E-state index is 12.7. The minimum Gasteiger partial charge on any atom is -0.322 e. The van der Waals surface area contributed by atoms with Gasteiger partial charge in [0.05, 0.1) is 17.6 Å². The molecular weight excluding hydrogens is 318 g/mol. The Kier molecular flexibility index (Phi) is 3.66. The Morgan fingerprint density at radius 2 is 1.92 bits per heavy atom. The zero-order chi connectivity index (χ0) is 17.2. The smallest absolute Gasteiger partial charge is 0.322 e. The van der Waals surface area contributed by atoms with Gasteiger partial charge in [-0.15, -0.1) is 0 Å². The Morgan fingerprint density at radius 3 is 2.76 bits per heavy atom. The van der Waals surface area contributed by atoms with Crippen LogP contribution in [0.5, 0.6) is 0 Å². The zero-order valence-electron chi connectivity index (χ0n) is 13.2. The van der Waals surface area contributed by atoms with Crippen LogP contribution in [0, 0.1) is 0 Å². The van der Waals surface area contributed by atoms with E-state index in [1.54, 1.807) is 35.1 Å². The molecule has 2 heterocycles. The number of aromatic nitrogens is 4. The summed E-state index contributed by atoms with van der Waals surface area (Å²) in [6.45, 7) is 0.515. The number of hydrogen-bond donors (Lipinski definition) is 3. The van der Waals surface area contributed by atoms with Gasteiger partial charge in [-0.25, -0.2) is 4.79 Å². The molecule has 0 saturated carbocycles. The number of fused-ring (bicyclic) bond motifs is 1. The Bertz CT molecular complexity index is 1090. The van der Waals surface area contributed by atoms with Crippen LogP contribution < -0.4 is 11.0 Å². The first-order valence-electron chi connectivity index (χ1n) is 7.78. The molecule has 4 aromatic rings. The second-order valence-corrected chi connectivity index (χ2v) is 5.65. The highest BCUT2D eigenvalue weighted by atomic mass is 16.2. The Morgan fingerprint density at radius 1 is 1.08 bits per heavy atom. The number of hydrogen-bond acceptors (Lipinski definition) is 3. The number of benzene rings is 2. The second-order valence-electron chi connectivity index (χ2n) is 5.65. The van der Waals surface area contributed by atoms with E-state index in [0.29, 0.717) is 28.8 Å². The lowest BCUT2D eigenvalue weighted by atomic mass is 10.1. The van der Waals surface area contributed by atoms with Crippen molar-refractivity contribution in [3.8, 4) is 0 Å². The van der Waals surface area contributed by atoms with E-state index < -0.39 is 0 Å². The van der Waals surface area contributed by atoms with E-state index in [4.69, 9.17) is 0 Å². The van der Waals surface area contributed by atoms with E-state index >= 15 is 0 Å². The van der Waals surface area contributed by atoms with E-state index in [1.807, 2.05) is 30.5 Å². The summed E-state index contributed by atoms with van der Waals surface area (Å²) in [5.74, 6) is -0.208. The first-order valence-corrected chi connectivity index (χ1v) is 7.78. The third-order valence-electron chi connectivity index (χ3n) is 3.93. The second kappa shape index (κ2) is 6.12. The molecule has 0 saturated heterocycles. The van der Waals surface area contributed by atoms with Crippen LogP contribution in [0.15, 0.2) is 65.7 Å². The summed E-state index contributed by atoms with van der Waals surface area (Å²) in [6, 6.07) is 14.5. The molecule has 0 radical (unpaired) electrons. The highest BCUT2D eigenvalue weighted by Gasteiger charge is 2.12. The summed E-state index contributed by atoms with van der Waals surface area (Å²) in [7, 11) is 0. The molecule has 0 fully saturated rings. The monoisotopic (exact) mass is 333 g/mol. The molecule has 7 nitrogen and oxygen atoms in total. The fourth-order valence-corrected chi connectivity index (χ4v) is 2.76. The molecule has 2 aromatic carbocycles. The van der Waals surface area contributed by atoms with Crippen LogP contribution in [0.1, 0.15) is 15.9 Å². The molecule has 0 spiro atoms. The predicted octanol–water partition coefficient (Wildman–Crippen LogP) is 2.35. The summed E-state index contributed by atoms with van der Waals surface area (Å²) in [5, 5.41) is 7.06. The minimum absolute atomic E-state index is 0.208. The SMILES string of the molecule is O=C(Nc1ccc2[nH]c(=O)[nH]c2c1)c1ccccc1Cn1cccn1. The van der Waals surface area contributed by atoms with Crippen LogP contribution in [0.3, 0.4) is 0 Å². The van der Waals surface area contributed by atoms with Crippen molar-refractivity contribution < 1.29 is 4.79 Å². The van der Waals surface area contributed by atoms with E-state index in [0.717, 1.165) is 5.56 Å². The zero-order valence-corrected chi connectivity index (χ0v) is 13.2. The number of nitrogens with one attached hydrogen (secondary N) is 3. The summed E-state index contributed by atoms with van der Waals surface area (Å²) < 4.78 is 1.77. The van der Waals surface area contributed by atoms with E-state index in [-0.39, 0.29) is 11.6 Å². The number of anilines is 1. The summed E-state index contributed by atoms with van der Waals surface area (Å²) in [4.78, 5) is 29.4. The van der Waals surface area contributed by atoms with Gasteiger partial charge in [-0.1, -0.05) is 18.2 Å². The fraction of sp³-hybridized carbons (Fsp3) is 0.0556. The molecule has 0 aliphatic carbocycles. The van der Waals surface area contributed by atoms with Crippen LogP contribution in [0.4, 0.5) is 5.69 Å². The molecule has 4 rings (SSSR count). The molecule has 0 bridgehead atoms. The number of carbonyl (C=O) groups excluding carboxylic acids is 1. The number of nitrogens with zero attached hydrogens (tertiary/aromatic N) is 2. The van der Waals surface area contributed by atoms with Gasteiger partial charge < -0.3 is 15.3 Å². The molecule has 0 aliphatic heterocycles. The molecule has 3 N–H and O–H groups in total. The van der Waals surface area contributed by atoms with Gasteiger partial charge in [0.2, 0.25) is 0 Å². The van der Waals surface area contributed by atoms with Crippen molar-refractivity contribution in [2.75, 3.05) is 5.32 Å². The van der Waals surface area contributed by atoms with Crippen molar-refractivity contribution in [1.29, 1.82) is 0 Å². The normalized spacial score (nSPS) is 10.9. The molecular formula is C18H15N5O2. The lowest BCUT2D eigenvalue weighted by Crippen LogP contribution is -2.15. The molecule has 2 aromatic heterocycles. The summed E-state index contributed by atoms with van der Waals surface area (Å²) in [5.41, 5.74) is 3.14. The molecule has 124 valence electrons. The van der Waals surface area contributed by atoms with Crippen LogP contribution in [-0.4, -0.2) is 25.7 Å². The largest absolute Gasteiger partial charge is 0.323 e. The first kappa shape index (κ1) is 14.9. The maximum Gasteiger partial charge on any atom is 0.323 e. The van der Waals surface area contributed by atoms with Gasteiger partial charge in [0, 0.05) is 23.6 Å². The van der Waals surface area contributed by atoms with E-state index in [9.17, 15) is 9.59 Å². The number of aromatic amines is 2. The number of imidazole rings is 1. The van der Waals surface area contributed by atoms with Crippen molar-refractivity contribution in [1.82, 2.24) is 19.7 Å². The van der Waals surface area contributed by atoms with Crippen LogP contribution in [-0.2, 0) is 6.54 Å². The first-order chi connectivity index (χ1) is 12.2. The van der Waals surface area contributed by atoms with Crippen molar-refractivity contribution in [3.05, 3.63) is 82.5 Å². The van der Waals surface area contributed by atoms with Crippen LogP contribution in [0.2, 0.25) is 0 Å². The number of amides is 1. The molecule has 1 amide bonds. The van der Waals surface area contributed by atoms with Crippen molar-refractivity contribution in [2.45, 2.75) is 6.54 Å². The third kappa shape index (κ3) is 3.07. The molecule has 7 heteroatoms. The van der Waals surface area contributed by atoms with Gasteiger partial charge in [0.25, 0.3) is 5.91 Å². The predicted molar refractivity (Wildman–Crippen MR) is 94.6 cm³/mol. The topological polar surface area (TPSA) is 95.6 Å². The molecule has 0 aliphatic rings. The Balaban J connectivity index is 1.60. The third-order valence-corrected chi connectivity index (χ3v) is 3.93. The Hall–Kier alpha value is -3.61. The highest BCUT2D eigenvalue weighted by molar-refractivity contribution is 6.05. The van der Waals surface area contributed by atoms with Gasteiger partial charge in [-0.3, -0.25) is 9.48 Å². The molecule has 0 unspecified atom stereocenters. The number of carbonyl (C=O) groups is 1. The highest BCUT2D eigenvalue weighted by Crippen LogP contribution is 2.17. The van der Waals surface area contributed by atoms with Gasteiger partial charge in [0.15, 0.2) is 0 Å². The summed E-state index contributed by atoms with van der Waals surface area (Å²) >= 11 is 0. The van der Waals surface area contributed by atoms with Crippen molar-refractivity contribution in [3.63, 3.8) is 0 Å². The Labute approximate surface area is 142 Å². The van der Waals surface area contributed by atoms with E-state index in [1.165, 1.54) is 0 Å². The van der Waals surface area contributed by atoms with Crippen LogP contribution >= 0.6 is 0 Å². The van der Waals surface area contributed by atoms with Gasteiger partial charge in [0.1, 0.15) is 0 Å². The number of rotatable bonds is 4. The fourth-order valence-electron chi connectivity index (χ4n) is 2.76. The van der Waals surface area contributed by atoms with E-state index in [2.05, 4.69) is 20.4 Å². The van der Waals surface area contributed by atoms with Gasteiger partial charge in [-0.05, 0) is 35.9 Å². The van der Waals surface area contributed by atoms with Crippen LogP contribution in [0.25, 0.3) is 11.0 Å². The van der Waals surface area contributed by atoms with Gasteiger partial charge >= 0.3 is 5.69 Å². The summed E-state index contributed by atoms with van der Waals surface area (Å²) in [6.07, 6.45) is 3.56. The minimum atomic E-state index is -0.275. The van der Waals surface area contributed by atoms with Crippen molar-refractivity contribution in [2.24, 2.45) is 0 Å². The quantitative estimate of drug-likeness (QED) is 0.535. The lowest BCUT2D eigenvalue weighted by Gasteiger charge is -2.10.